The first kappa shape index (κ1) is 11.0. The van der Waals surface area contributed by atoms with Crippen LogP contribution in [0.25, 0.3) is 0 Å². The van der Waals surface area contributed by atoms with Crippen molar-refractivity contribution in [2.45, 2.75) is 19.3 Å². The lowest BCUT2D eigenvalue weighted by molar-refractivity contribution is 0.304. The Hall–Kier alpha value is -1.50. The van der Waals surface area contributed by atoms with Crippen LogP contribution < -0.4 is 0 Å². The fourth-order valence-corrected chi connectivity index (χ4v) is 1.88. The number of methoxy groups -OCH3 is 1. The van der Waals surface area contributed by atoms with Gasteiger partial charge in [-0.25, -0.2) is 0 Å². The minimum atomic E-state index is 0.990. The Morgan fingerprint density at radius 2 is 1.94 bits per heavy atom. The Balaban J connectivity index is 1.91. The van der Waals surface area contributed by atoms with E-state index in [1.165, 1.54) is 11.1 Å². The van der Waals surface area contributed by atoms with Gasteiger partial charge >= 0.3 is 0 Å². The maximum absolute atomic E-state index is 5.24. The summed E-state index contributed by atoms with van der Waals surface area (Å²) in [6.45, 7) is 0. The molecular formula is C15H17O. The molecule has 0 saturated carbocycles. The molecule has 16 heavy (non-hydrogen) atoms. The van der Waals surface area contributed by atoms with Crippen LogP contribution in [-0.4, -0.2) is 7.11 Å². The minimum Gasteiger partial charge on any atom is -0.497 e. The van der Waals surface area contributed by atoms with Crippen molar-refractivity contribution in [2.24, 2.45) is 0 Å². The number of hydrogen-bond donors (Lipinski definition) is 0. The highest BCUT2D eigenvalue weighted by molar-refractivity contribution is 5.31. The largest absolute Gasteiger partial charge is 0.497 e. The van der Waals surface area contributed by atoms with Crippen molar-refractivity contribution in [1.29, 1.82) is 0 Å². The lowest BCUT2D eigenvalue weighted by Crippen LogP contribution is -1.97. The third-order valence-corrected chi connectivity index (χ3v) is 2.81. The van der Waals surface area contributed by atoms with Crippen molar-refractivity contribution in [3.05, 3.63) is 65.8 Å². The molecule has 0 aliphatic heterocycles. The molecule has 0 spiro atoms. The van der Waals surface area contributed by atoms with Gasteiger partial charge in [0.1, 0.15) is 5.76 Å². The van der Waals surface area contributed by atoms with Gasteiger partial charge in [-0.1, -0.05) is 35.9 Å². The summed E-state index contributed by atoms with van der Waals surface area (Å²) < 4.78 is 5.24. The third-order valence-electron chi connectivity index (χ3n) is 2.81. The van der Waals surface area contributed by atoms with E-state index in [0.29, 0.717) is 0 Å². The predicted molar refractivity (Wildman–Crippen MR) is 66.9 cm³/mol. The van der Waals surface area contributed by atoms with Crippen molar-refractivity contribution >= 4 is 0 Å². The zero-order valence-corrected chi connectivity index (χ0v) is 9.65. The van der Waals surface area contributed by atoms with E-state index in [1.807, 2.05) is 0 Å². The van der Waals surface area contributed by atoms with E-state index in [4.69, 9.17) is 4.74 Å². The molecule has 1 aliphatic carbocycles. The van der Waals surface area contributed by atoms with Gasteiger partial charge in [0.25, 0.3) is 0 Å². The standard InChI is InChI=1S/C15H17O/c1-16-15-9-5-8-14(12-15)11-10-13-6-3-2-4-7-13/h2-4,6-9,12H,5,10-11H2,1H3. The van der Waals surface area contributed by atoms with Crippen molar-refractivity contribution in [3.8, 4) is 0 Å². The highest BCUT2D eigenvalue weighted by Crippen LogP contribution is 2.21. The summed E-state index contributed by atoms with van der Waals surface area (Å²) in [6.07, 6.45) is 9.68. The molecule has 1 radical (unpaired) electrons. The van der Waals surface area contributed by atoms with Gasteiger partial charge in [-0.05, 0) is 43.4 Å². The average molecular weight is 213 g/mol. The molecule has 0 bridgehead atoms. The first-order valence-corrected chi connectivity index (χ1v) is 5.70. The first-order valence-electron chi connectivity index (χ1n) is 5.70. The van der Waals surface area contributed by atoms with Crippen LogP contribution in [0.15, 0.2) is 53.8 Å². The Kier molecular flexibility index (Phi) is 3.81. The quantitative estimate of drug-likeness (QED) is 0.741. The molecule has 1 heteroatoms. The highest BCUT2D eigenvalue weighted by atomic mass is 16.5. The van der Waals surface area contributed by atoms with Crippen molar-refractivity contribution in [2.75, 3.05) is 7.11 Å². The number of hydrogen-bond acceptors (Lipinski definition) is 1. The highest BCUT2D eigenvalue weighted by Gasteiger charge is 2.05. The number of aryl methyl sites for hydroxylation is 1. The zero-order chi connectivity index (χ0) is 11.2. The zero-order valence-electron chi connectivity index (χ0n) is 9.65. The van der Waals surface area contributed by atoms with Crippen LogP contribution in [0.3, 0.4) is 0 Å². The molecule has 1 aromatic rings. The molecule has 0 heterocycles. The smallest absolute Gasteiger partial charge is 0.114 e. The van der Waals surface area contributed by atoms with Crippen LogP contribution in [0.4, 0.5) is 0 Å². The van der Waals surface area contributed by atoms with Crippen molar-refractivity contribution in [3.63, 3.8) is 0 Å². The lowest BCUT2D eigenvalue weighted by Gasteiger charge is -2.12. The molecule has 0 amide bonds. The molecule has 83 valence electrons. The van der Waals surface area contributed by atoms with Crippen molar-refractivity contribution < 1.29 is 4.74 Å². The van der Waals surface area contributed by atoms with Crippen LogP contribution in [0, 0.1) is 6.42 Å². The van der Waals surface area contributed by atoms with Gasteiger partial charge in [-0.2, -0.15) is 0 Å². The summed E-state index contributed by atoms with van der Waals surface area (Å²) in [5.74, 6) is 0.991. The van der Waals surface area contributed by atoms with E-state index < -0.39 is 0 Å². The Labute approximate surface area is 97.4 Å². The van der Waals surface area contributed by atoms with Gasteiger partial charge in [-0.3, -0.25) is 0 Å². The van der Waals surface area contributed by atoms with Gasteiger partial charge in [-0.15, -0.1) is 0 Å². The molecule has 0 unspecified atom stereocenters. The molecule has 1 aliphatic rings. The van der Waals surface area contributed by atoms with E-state index in [1.54, 1.807) is 7.11 Å². The average Bonchev–Trinajstić information content (AvgIpc) is 2.38. The van der Waals surface area contributed by atoms with Crippen LogP contribution in [0.1, 0.15) is 18.4 Å². The summed E-state index contributed by atoms with van der Waals surface area (Å²) in [5.41, 5.74) is 2.77. The number of ether oxygens (including phenoxy) is 1. The summed E-state index contributed by atoms with van der Waals surface area (Å²) in [4.78, 5) is 0. The monoisotopic (exact) mass is 213 g/mol. The summed E-state index contributed by atoms with van der Waals surface area (Å²) in [6, 6.07) is 10.6. The first-order chi connectivity index (χ1) is 7.88. The van der Waals surface area contributed by atoms with E-state index in [9.17, 15) is 0 Å². The van der Waals surface area contributed by atoms with E-state index in [2.05, 4.69) is 48.9 Å². The summed E-state index contributed by atoms with van der Waals surface area (Å²) in [7, 11) is 1.72. The van der Waals surface area contributed by atoms with Gasteiger partial charge in [0.15, 0.2) is 0 Å². The molecule has 0 aromatic heterocycles. The van der Waals surface area contributed by atoms with E-state index in [-0.39, 0.29) is 0 Å². The minimum absolute atomic E-state index is 0.990. The van der Waals surface area contributed by atoms with Gasteiger partial charge in [0, 0.05) is 0 Å². The normalized spacial score (nSPS) is 15.3. The van der Waals surface area contributed by atoms with Crippen LogP contribution in [0.5, 0.6) is 0 Å². The molecular weight excluding hydrogens is 196 g/mol. The number of allylic oxidation sites excluding steroid dienone is 3. The third kappa shape index (κ3) is 2.99. The van der Waals surface area contributed by atoms with Gasteiger partial charge < -0.3 is 4.74 Å². The summed E-state index contributed by atoms with van der Waals surface area (Å²) >= 11 is 0. The fourth-order valence-electron chi connectivity index (χ4n) is 1.88. The second-order valence-corrected chi connectivity index (χ2v) is 3.96. The van der Waals surface area contributed by atoms with Gasteiger partial charge in [0.2, 0.25) is 0 Å². The Morgan fingerprint density at radius 1 is 1.12 bits per heavy atom. The maximum atomic E-state index is 5.24. The van der Waals surface area contributed by atoms with E-state index >= 15 is 0 Å². The van der Waals surface area contributed by atoms with Gasteiger partial charge in [0.05, 0.1) is 7.11 Å². The van der Waals surface area contributed by atoms with Crippen LogP contribution in [0.2, 0.25) is 0 Å². The summed E-state index contributed by atoms with van der Waals surface area (Å²) in [5, 5.41) is 0. The molecule has 1 aromatic carbocycles. The maximum Gasteiger partial charge on any atom is 0.114 e. The Morgan fingerprint density at radius 3 is 2.69 bits per heavy atom. The Bertz CT molecular complexity index is 387. The molecule has 0 saturated heterocycles. The molecule has 2 rings (SSSR count). The van der Waals surface area contributed by atoms with E-state index in [0.717, 1.165) is 25.0 Å². The number of rotatable bonds is 4. The predicted octanol–water partition coefficient (Wildman–Crippen LogP) is 3.68. The second-order valence-electron chi connectivity index (χ2n) is 3.96. The van der Waals surface area contributed by atoms with Crippen LogP contribution in [-0.2, 0) is 11.2 Å². The molecule has 0 N–H and O–H groups in total. The SMILES string of the molecule is COC1=CC[CH]C(CCc2ccccc2)=C1. The molecule has 0 atom stereocenters. The van der Waals surface area contributed by atoms with Crippen LogP contribution >= 0.6 is 0 Å². The lowest BCUT2D eigenvalue weighted by atomic mass is 9.97. The topological polar surface area (TPSA) is 9.23 Å². The number of benzene rings is 1. The molecule has 1 nitrogen and oxygen atoms in total. The molecule has 0 fully saturated rings. The van der Waals surface area contributed by atoms with Crippen molar-refractivity contribution in [1.82, 2.24) is 0 Å². The fraction of sp³-hybridized carbons (Fsp3) is 0.267. The second kappa shape index (κ2) is 5.55.